The number of thioether (sulfide) groups is 1. The molecule has 0 aromatic heterocycles. The van der Waals surface area contributed by atoms with Crippen LogP contribution in [-0.4, -0.2) is 11.7 Å². The summed E-state index contributed by atoms with van der Waals surface area (Å²) in [6.07, 6.45) is -4.37. The normalized spacial score (nSPS) is 18.8. The summed E-state index contributed by atoms with van der Waals surface area (Å²) in [6, 6.07) is 14.2. The monoisotopic (exact) mass is 323 g/mol. The van der Waals surface area contributed by atoms with Crippen LogP contribution in [-0.2, 0) is 11.0 Å². The highest BCUT2D eigenvalue weighted by molar-refractivity contribution is 8.00. The van der Waals surface area contributed by atoms with Crippen LogP contribution in [0.15, 0.2) is 54.6 Å². The second kappa shape index (κ2) is 5.68. The molecule has 1 saturated heterocycles. The van der Waals surface area contributed by atoms with Gasteiger partial charge in [-0.25, -0.2) is 0 Å². The van der Waals surface area contributed by atoms with Crippen LogP contribution in [0.2, 0.25) is 0 Å². The predicted octanol–water partition coefficient (Wildman–Crippen LogP) is 4.48. The van der Waals surface area contributed by atoms with E-state index in [1.807, 2.05) is 30.3 Å². The van der Waals surface area contributed by atoms with E-state index in [4.69, 9.17) is 0 Å². The lowest BCUT2D eigenvalue weighted by atomic mass is 10.1. The number of alkyl halides is 3. The molecule has 0 radical (unpaired) electrons. The Morgan fingerprint density at radius 2 is 1.64 bits per heavy atom. The topological polar surface area (TPSA) is 20.3 Å². The minimum Gasteiger partial charge on any atom is -0.295 e. The summed E-state index contributed by atoms with van der Waals surface area (Å²) in [6.45, 7) is 0. The molecule has 1 amide bonds. The van der Waals surface area contributed by atoms with Crippen LogP contribution in [0.5, 0.6) is 0 Å². The highest BCUT2D eigenvalue weighted by Gasteiger charge is 2.35. The van der Waals surface area contributed by atoms with Crippen molar-refractivity contribution in [2.24, 2.45) is 0 Å². The molecule has 0 bridgehead atoms. The molecule has 1 aliphatic rings. The van der Waals surface area contributed by atoms with E-state index in [0.717, 1.165) is 17.7 Å². The van der Waals surface area contributed by atoms with Crippen molar-refractivity contribution in [3.63, 3.8) is 0 Å². The summed E-state index contributed by atoms with van der Waals surface area (Å²) in [5, 5.41) is -0.203. The minimum absolute atomic E-state index is 0.0985. The van der Waals surface area contributed by atoms with E-state index in [0.29, 0.717) is 11.4 Å². The molecule has 0 N–H and O–H groups in total. The minimum atomic E-state index is -4.37. The zero-order valence-electron chi connectivity index (χ0n) is 11.4. The van der Waals surface area contributed by atoms with Crippen LogP contribution in [0.1, 0.15) is 16.5 Å². The average molecular weight is 323 g/mol. The van der Waals surface area contributed by atoms with Crippen LogP contribution in [0.4, 0.5) is 18.9 Å². The summed E-state index contributed by atoms with van der Waals surface area (Å²) in [4.78, 5) is 13.7. The Labute approximate surface area is 129 Å². The lowest BCUT2D eigenvalue weighted by Crippen LogP contribution is -2.27. The molecule has 114 valence electrons. The van der Waals surface area contributed by atoms with Crippen molar-refractivity contribution in [1.82, 2.24) is 0 Å². The Bertz CT molecular complexity index is 670. The number of rotatable bonds is 2. The van der Waals surface area contributed by atoms with Gasteiger partial charge in [0.2, 0.25) is 5.91 Å². The first-order chi connectivity index (χ1) is 10.5. The van der Waals surface area contributed by atoms with E-state index in [2.05, 4.69) is 0 Å². The molecule has 0 saturated carbocycles. The Kier molecular flexibility index (Phi) is 3.87. The maximum absolute atomic E-state index is 12.6. The van der Waals surface area contributed by atoms with Crippen LogP contribution < -0.4 is 4.90 Å². The van der Waals surface area contributed by atoms with Crippen LogP contribution >= 0.6 is 11.8 Å². The molecule has 6 heteroatoms. The van der Waals surface area contributed by atoms with Gasteiger partial charge in [0.1, 0.15) is 5.37 Å². The molecule has 1 fully saturated rings. The molecule has 3 rings (SSSR count). The molecule has 1 heterocycles. The number of hydrogen-bond acceptors (Lipinski definition) is 2. The Balaban J connectivity index is 1.93. The number of nitrogens with zero attached hydrogens (tertiary/aromatic N) is 1. The summed E-state index contributed by atoms with van der Waals surface area (Å²) in [5.74, 6) is 0.222. The van der Waals surface area contributed by atoms with Gasteiger partial charge in [0.25, 0.3) is 0 Å². The summed E-state index contributed by atoms with van der Waals surface area (Å²) in [5.41, 5.74) is 0.724. The number of anilines is 1. The van der Waals surface area contributed by atoms with Crippen molar-refractivity contribution >= 4 is 23.4 Å². The van der Waals surface area contributed by atoms with Crippen molar-refractivity contribution in [3.05, 3.63) is 65.7 Å². The highest BCUT2D eigenvalue weighted by Crippen LogP contribution is 2.42. The second-order valence-electron chi connectivity index (χ2n) is 4.88. The van der Waals surface area contributed by atoms with E-state index < -0.39 is 11.7 Å². The van der Waals surface area contributed by atoms with Crippen molar-refractivity contribution in [2.75, 3.05) is 10.7 Å². The first kappa shape index (κ1) is 15.0. The molecule has 0 aliphatic carbocycles. The maximum atomic E-state index is 12.6. The predicted molar refractivity (Wildman–Crippen MR) is 80.6 cm³/mol. The third-order valence-electron chi connectivity index (χ3n) is 3.43. The SMILES string of the molecule is O=C1CSC(c2ccccc2)N1c1ccc(C(F)(F)F)cc1. The first-order valence-electron chi connectivity index (χ1n) is 6.63. The Hall–Kier alpha value is -1.95. The third kappa shape index (κ3) is 2.83. The zero-order valence-corrected chi connectivity index (χ0v) is 12.2. The van der Waals surface area contributed by atoms with Crippen molar-refractivity contribution in [3.8, 4) is 0 Å². The van der Waals surface area contributed by atoms with Gasteiger partial charge in [-0.05, 0) is 29.8 Å². The number of carbonyl (C=O) groups is 1. The fourth-order valence-electron chi connectivity index (χ4n) is 2.38. The molecule has 2 nitrogen and oxygen atoms in total. The van der Waals surface area contributed by atoms with Gasteiger partial charge >= 0.3 is 6.18 Å². The molecule has 1 atom stereocenters. The quantitative estimate of drug-likeness (QED) is 0.812. The van der Waals surface area contributed by atoms with Crippen LogP contribution in [0, 0.1) is 0 Å². The second-order valence-corrected chi connectivity index (χ2v) is 5.95. The molecule has 0 spiro atoms. The summed E-state index contributed by atoms with van der Waals surface area (Å²) in [7, 11) is 0. The third-order valence-corrected chi connectivity index (χ3v) is 4.64. The van der Waals surface area contributed by atoms with Crippen molar-refractivity contribution in [2.45, 2.75) is 11.6 Å². The number of carbonyl (C=O) groups excluding carboxylic acids is 1. The molecule has 2 aromatic carbocycles. The number of halogens is 3. The summed E-state index contributed by atoms with van der Waals surface area (Å²) >= 11 is 1.47. The molecular weight excluding hydrogens is 311 g/mol. The van der Waals surface area contributed by atoms with Crippen molar-refractivity contribution in [1.29, 1.82) is 0 Å². The Morgan fingerprint density at radius 1 is 1.00 bits per heavy atom. The van der Waals surface area contributed by atoms with Gasteiger partial charge in [0.15, 0.2) is 0 Å². The van der Waals surface area contributed by atoms with Crippen molar-refractivity contribution < 1.29 is 18.0 Å². The van der Waals surface area contributed by atoms with Gasteiger partial charge in [-0.3, -0.25) is 9.69 Å². The van der Waals surface area contributed by atoms with Gasteiger partial charge in [-0.15, -0.1) is 11.8 Å². The standard InChI is InChI=1S/C16H12F3NOS/c17-16(18,19)12-6-8-13(9-7-12)20-14(21)10-22-15(20)11-4-2-1-3-5-11/h1-9,15H,10H2. The van der Waals surface area contributed by atoms with Gasteiger partial charge in [-0.1, -0.05) is 30.3 Å². The van der Waals surface area contributed by atoms with Crippen LogP contribution in [0.3, 0.4) is 0 Å². The molecular formula is C16H12F3NOS. The van der Waals surface area contributed by atoms with Gasteiger partial charge in [0, 0.05) is 5.69 Å². The van der Waals surface area contributed by atoms with E-state index in [1.54, 1.807) is 4.90 Å². The lowest BCUT2D eigenvalue weighted by Gasteiger charge is -2.24. The fourth-order valence-corrected chi connectivity index (χ4v) is 3.56. The van der Waals surface area contributed by atoms with Gasteiger partial charge in [0.05, 0.1) is 11.3 Å². The molecule has 1 aliphatic heterocycles. The lowest BCUT2D eigenvalue weighted by molar-refractivity contribution is -0.137. The summed E-state index contributed by atoms with van der Waals surface area (Å²) < 4.78 is 37.9. The zero-order chi connectivity index (χ0) is 15.7. The first-order valence-corrected chi connectivity index (χ1v) is 7.67. The van der Waals surface area contributed by atoms with E-state index in [-0.39, 0.29) is 11.3 Å². The fraction of sp³-hybridized carbons (Fsp3) is 0.188. The van der Waals surface area contributed by atoms with E-state index >= 15 is 0 Å². The highest BCUT2D eigenvalue weighted by atomic mass is 32.2. The van der Waals surface area contributed by atoms with E-state index in [1.165, 1.54) is 23.9 Å². The van der Waals surface area contributed by atoms with E-state index in [9.17, 15) is 18.0 Å². The van der Waals surface area contributed by atoms with Gasteiger partial charge in [-0.2, -0.15) is 13.2 Å². The largest absolute Gasteiger partial charge is 0.416 e. The van der Waals surface area contributed by atoms with Crippen LogP contribution in [0.25, 0.3) is 0 Å². The molecule has 1 unspecified atom stereocenters. The van der Waals surface area contributed by atoms with Gasteiger partial charge < -0.3 is 0 Å². The Morgan fingerprint density at radius 3 is 2.23 bits per heavy atom. The number of benzene rings is 2. The maximum Gasteiger partial charge on any atom is 0.416 e. The molecule has 2 aromatic rings. The number of amides is 1. The smallest absolute Gasteiger partial charge is 0.295 e. The number of hydrogen-bond donors (Lipinski definition) is 0. The molecule has 22 heavy (non-hydrogen) atoms. The average Bonchev–Trinajstić information content (AvgIpc) is 2.89.